The van der Waals surface area contributed by atoms with Crippen molar-refractivity contribution in [2.24, 2.45) is 5.41 Å². The number of carbonyl (C=O) groups excluding carboxylic acids is 1. The maximum atomic E-state index is 12.1. The quantitative estimate of drug-likeness (QED) is 0.820. The maximum absolute atomic E-state index is 12.1. The minimum absolute atomic E-state index is 0.286. The molecule has 2 nitrogen and oxygen atoms in total. The molecule has 1 aliphatic heterocycles. The number of hydrogen-bond donors (Lipinski definition) is 1. The van der Waals surface area contributed by atoms with Crippen LogP contribution < -0.4 is 5.32 Å². The first-order chi connectivity index (χ1) is 8.46. The standard InChI is InChI=1S/C16H23NO/c1-16(2,3)8-4-5-15(18)12-6-7-13-10-17-11-14(13)9-12/h6-7,9,17H,4-5,8,10-11H2,1-3H3. The second kappa shape index (κ2) is 5.23. The summed E-state index contributed by atoms with van der Waals surface area (Å²) in [6.07, 6.45) is 2.76. The molecule has 0 saturated carbocycles. The van der Waals surface area contributed by atoms with Crippen LogP contribution in [-0.2, 0) is 13.1 Å². The molecule has 0 saturated heterocycles. The molecule has 1 N–H and O–H groups in total. The second-order valence-corrected chi connectivity index (χ2v) is 6.42. The molecule has 0 unspecified atom stereocenters. The average molecular weight is 245 g/mol. The van der Waals surface area contributed by atoms with Gasteiger partial charge in [0.2, 0.25) is 0 Å². The maximum Gasteiger partial charge on any atom is 0.162 e. The molecule has 0 radical (unpaired) electrons. The summed E-state index contributed by atoms with van der Waals surface area (Å²) in [5.74, 6) is 0.286. The molecule has 1 heterocycles. The van der Waals surface area contributed by atoms with Gasteiger partial charge in [-0.1, -0.05) is 32.9 Å². The van der Waals surface area contributed by atoms with Gasteiger partial charge >= 0.3 is 0 Å². The lowest BCUT2D eigenvalue weighted by atomic mass is 9.89. The Bertz CT molecular complexity index is 443. The number of carbonyl (C=O) groups is 1. The van der Waals surface area contributed by atoms with E-state index in [1.807, 2.05) is 6.07 Å². The molecule has 0 amide bonds. The number of rotatable bonds is 4. The van der Waals surface area contributed by atoms with Crippen LogP contribution in [0.15, 0.2) is 18.2 Å². The molecule has 0 spiro atoms. The Labute approximate surface area is 110 Å². The zero-order valence-electron chi connectivity index (χ0n) is 11.7. The summed E-state index contributed by atoms with van der Waals surface area (Å²) in [6.45, 7) is 8.50. The molecule has 0 aliphatic carbocycles. The largest absolute Gasteiger partial charge is 0.309 e. The van der Waals surface area contributed by atoms with Crippen LogP contribution in [0.1, 0.15) is 61.5 Å². The first kappa shape index (κ1) is 13.3. The average Bonchev–Trinajstić information content (AvgIpc) is 2.73. The summed E-state index contributed by atoms with van der Waals surface area (Å²) in [7, 11) is 0. The van der Waals surface area contributed by atoms with Gasteiger partial charge in [-0.05, 0) is 35.4 Å². The van der Waals surface area contributed by atoms with Crippen molar-refractivity contribution in [1.82, 2.24) is 5.32 Å². The third-order valence-electron chi connectivity index (χ3n) is 3.49. The minimum Gasteiger partial charge on any atom is -0.309 e. The fourth-order valence-corrected chi connectivity index (χ4v) is 2.39. The lowest BCUT2D eigenvalue weighted by molar-refractivity contribution is 0.0976. The summed E-state index contributed by atoms with van der Waals surface area (Å²) in [5.41, 5.74) is 3.83. The van der Waals surface area contributed by atoms with Crippen LogP contribution in [-0.4, -0.2) is 5.78 Å². The van der Waals surface area contributed by atoms with Crippen molar-refractivity contribution in [3.05, 3.63) is 34.9 Å². The smallest absolute Gasteiger partial charge is 0.162 e. The Kier molecular flexibility index (Phi) is 3.86. The van der Waals surface area contributed by atoms with E-state index in [9.17, 15) is 4.79 Å². The van der Waals surface area contributed by atoms with E-state index in [2.05, 4.69) is 38.2 Å². The van der Waals surface area contributed by atoms with Crippen LogP contribution in [0.5, 0.6) is 0 Å². The van der Waals surface area contributed by atoms with Crippen LogP contribution in [0, 0.1) is 5.41 Å². The van der Waals surface area contributed by atoms with E-state index in [4.69, 9.17) is 0 Å². The van der Waals surface area contributed by atoms with E-state index in [-0.39, 0.29) is 5.78 Å². The second-order valence-electron chi connectivity index (χ2n) is 6.42. The van der Waals surface area contributed by atoms with Gasteiger partial charge in [-0.15, -0.1) is 0 Å². The summed E-state index contributed by atoms with van der Waals surface area (Å²) < 4.78 is 0. The molecule has 1 aromatic rings. The van der Waals surface area contributed by atoms with Gasteiger partial charge in [-0.25, -0.2) is 0 Å². The zero-order valence-corrected chi connectivity index (χ0v) is 11.7. The van der Waals surface area contributed by atoms with Gasteiger partial charge in [0.25, 0.3) is 0 Å². The Morgan fingerprint density at radius 3 is 2.67 bits per heavy atom. The number of hydrogen-bond acceptors (Lipinski definition) is 2. The van der Waals surface area contributed by atoms with Crippen LogP contribution in [0.25, 0.3) is 0 Å². The molecule has 1 aliphatic rings. The number of fused-ring (bicyclic) bond motifs is 1. The van der Waals surface area contributed by atoms with E-state index in [0.29, 0.717) is 11.8 Å². The van der Waals surface area contributed by atoms with Crippen molar-refractivity contribution < 1.29 is 4.79 Å². The zero-order chi connectivity index (χ0) is 13.2. The van der Waals surface area contributed by atoms with Gasteiger partial charge in [0.15, 0.2) is 5.78 Å². The number of benzene rings is 1. The van der Waals surface area contributed by atoms with Gasteiger partial charge < -0.3 is 5.32 Å². The predicted molar refractivity (Wildman–Crippen MR) is 74.6 cm³/mol. The Morgan fingerprint density at radius 1 is 1.22 bits per heavy atom. The molecule has 98 valence electrons. The topological polar surface area (TPSA) is 29.1 Å². The molecule has 2 rings (SSSR count). The Hall–Kier alpha value is -1.15. The molecule has 2 heteroatoms. The fraction of sp³-hybridized carbons (Fsp3) is 0.562. The molecule has 0 aromatic heterocycles. The van der Waals surface area contributed by atoms with Gasteiger partial charge in [0, 0.05) is 25.1 Å². The molecule has 0 bridgehead atoms. The number of Topliss-reactive ketones (excluding diaryl/α,β-unsaturated/α-hetero) is 1. The fourth-order valence-electron chi connectivity index (χ4n) is 2.39. The van der Waals surface area contributed by atoms with Crippen LogP contribution in [0.3, 0.4) is 0 Å². The van der Waals surface area contributed by atoms with Gasteiger partial charge in [0.05, 0.1) is 0 Å². The third-order valence-corrected chi connectivity index (χ3v) is 3.49. The van der Waals surface area contributed by atoms with Crippen LogP contribution in [0.2, 0.25) is 0 Å². The minimum atomic E-state index is 0.286. The van der Waals surface area contributed by atoms with E-state index in [0.717, 1.165) is 31.5 Å². The molecule has 0 atom stereocenters. The normalized spacial score (nSPS) is 14.6. The van der Waals surface area contributed by atoms with E-state index >= 15 is 0 Å². The highest BCUT2D eigenvalue weighted by Crippen LogP contribution is 2.23. The van der Waals surface area contributed by atoms with Gasteiger partial charge in [-0.2, -0.15) is 0 Å². The monoisotopic (exact) mass is 245 g/mol. The SMILES string of the molecule is CC(C)(C)CCCC(=O)c1ccc2c(c1)CNC2. The lowest BCUT2D eigenvalue weighted by Gasteiger charge is -2.17. The van der Waals surface area contributed by atoms with Gasteiger partial charge in [0.1, 0.15) is 0 Å². The Morgan fingerprint density at radius 2 is 1.94 bits per heavy atom. The Balaban J connectivity index is 1.93. The first-order valence-corrected chi connectivity index (χ1v) is 6.81. The van der Waals surface area contributed by atoms with Crippen molar-refractivity contribution in [2.45, 2.75) is 53.1 Å². The summed E-state index contributed by atoms with van der Waals surface area (Å²) in [6, 6.07) is 6.13. The predicted octanol–water partition coefficient (Wildman–Crippen LogP) is 3.69. The highest BCUT2D eigenvalue weighted by molar-refractivity contribution is 5.96. The number of nitrogens with one attached hydrogen (secondary N) is 1. The molecule has 18 heavy (non-hydrogen) atoms. The summed E-state index contributed by atoms with van der Waals surface area (Å²) in [5, 5.41) is 3.31. The highest BCUT2D eigenvalue weighted by atomic mass is 16.1. The van der Waals surface area contributed by atoms with Crippen molar-refractivity contribution >= 4 is 5.78 Å². The molecular formula is C16H23NO. The third kappa shape index (κ3) is 3.42. The molecular weight excluding hydrogens is 222 g/mol. The number of ketones is 1. The van der Waals surface area contributed by atoms with Crippen LogP contribution in [0.4, 0.5) is 0 Å². The van der Waals surface area contributed by atoms with E-state index < -0.39 is 0 Å². The van der Waals surface area contributed by atoms with Crippen molar-refractivity contribution in [1.29, 1.82) is 0 Å². The van der Waals surface area contributed by atoms with Gasteiger partial charge in [-0.3, -0.25) is 4.79 Å². The van der Waals surface area contributed by atoms with E-state index in [1.165, 1.54) is 11.1 Å². The summed E-state index contributed by atoms with van der Waals surface area (Å²) in [4.78, 5) is 12.1. The summed E-state index contributed by atoms with van der Waals surface area (Å²) >= 11 is 0. The molecule has 0 fully saturated rings. The molecule has 1 aromatic carbocycles. The van der Waals surface area contributed by atoms with Crippen LogP contribution >= 0.6 is 0 Å². The lowest BCUT2D eigenvalue weighted by Crippen LogP contribution is -2.07. The first-order valence-electron chi connectivity index (χ1n) is 6.81. The van der Waals surface area contributed by atoms with Crippen molar-refractivity contribution in [3.8, 4) is 0 Å². The van der Waals surface area contributed by atoms with Crippen molar-refractivity contribution in [2.75, 3.05) is 0 Å². The van der Waals surface area contributed by atoms with E-state index in [1.54, 1.807) is 0 Å². The van der Waals surface area contributed by atoms with Crippen molar-refractivity contribution in [3.63, 3.8) is 0 Å². The highest BCUT2D eigenvalue weighted by Gasteiger charge is 2.15.